The molecule has 1 N–H and O–H groups in total. The average molecular weight is 350 g/mol. The van der Waals surface area contributed by atoms with Crippen molar-refractivity contribution in [2.75, 3.05) is 7.11 Å². The molecule has 0 bridgehead atoms. The molecule has 0 atom stereocenters. The Morgan fingerprint density at radius 2 is 2.19 bits per heavy atom. The van der Waals surface area contributed by atoms with E-state index in [-0.39, 0.29) is 11.8 Å². The third kappa shape index (κ3) is 3.27. The summed E-state index contributed by atoms with van der Waals surface area (Å²) in [4.78, 5) is 21.4. The summed E-state index contributed by atoms with van der Waals surface area (Å²) in [6, 6.07) is 11.8. The first-order valence-corrected chi connectivity index (χ1v) is 8.95. The predicted molar refractivity (Wildman–Crippen MR) is 98.8 cm³/mol. The number of carbonyl (C=O) groups is 1. The van der Waals surface area contributed by atoms with E-state index >= 15 is 0 Å². The Morgan fingerprint density at radius 3 is 2.96 bits per heavy atom. The van der Waals surface area contributed by atoms with Crippen LogP contribution >= 0.6 is 0 Å². The van der Waals surface area contributed by atoms with Crippen LogP contribution in [0.1, 0.15) is 30.7 Å². The second-order valence-electron chi connectivity index (χ2n) is 6.66. The van der Waals surface area contributed by atoms with E-state index in [9.17, 15) is 4.79 Å². The summed E-state index contributed by atoms with van der Waals surface area (Å²) in [6.45, 7) is 1.04. The number of aromatic nitrogens is 3. The van der Waals surface area contributed by atoms with Gasteiger partial charge >= 0.3 is 0 Å². The Labute approximate surface area is 152 Å². The Kier molecular flexibility index (Phi) is 4.56. The summed E-state index contributed by atoms with van der Waals surface area (Å²) >= 11 is 0. The van der Waals surface area contributed by atoms with Crippen molar-refractivity contribution < 1.29 is 9.53 Å². The molecule has 6 nitrogen and oxygen atoms in total. The normalized spacial score (nSPS) is 14.2. The third-order valence-corrected chi connectivity index (χ3v) is 4.95. The maximum Gasteiger partial charge on any atom is 0.223 e. The highest BCUT2D eigenvalue weighted by Crippen LogP contribution is 2.26. The second-order valence-corrected chi connectivity index (χ2v) is 6.66. The zero-order chi connectivity index (χ0) is 17.9. The standard InChI is InChI=1S/C20H22N4O2/c1-26-16-8-2-5-14(11-16)13-24-18(12-22-20(25)15-6-3-7-15)23-17-9-4-10-21-19(17)24/h2,4-5,8-11,15H,3,6-7,12-13H2,1H3,(H,22,25). The van der Waals surface area contributed by atoms with Crippen LogP contribution in [-0.2, 0) is 17.9 Å². The summed E-state index contributed by atoms with van der Waals surface area (Å²) in [5.74, 6) is 1.93. The molecule has 0 spiro atoms. The van der Waals surface area contributed by atoms with Crippen molar-refractivity contribution in [1.29, 1.82) is 0 Å². The molecule has 0 unspecified atom stereocenters. The summed E-state index contributed by atoms with van der Waals surface area (Å²) < 4.78 is 7.38. The molecule has 1 aromatic carbocycles. The number of ether oxygens (including phenoxy) is 1. The maximum atomic E-state index is 12.2. The first-order chi connectivity index (χ1) is 12.7. The van der Waals surface area contributed by atoms with Gasteiger partial charge in [0.25, 0.3) is 0 Å². The molecule has 4 rings (SSSR count). The first kappa shape index (κ1) is 16.6. The number of hydrogen-bond donors (Lipinski definition) is 1. The van der Waals surface area contributed by atoms with Crippen LogP contribution in [0.2, 0.25) is 0 Å². The van der Waals surface area contributed by atoms with Crippen LogP contribution in [-0.4, -0.2) is 27.6 Å². The van der Waals surface area contributed by atoms with Gasteiger partial charge in [-0.15, -0.1) is 0 Å². The van der Waals surface area contributed by atoms with E-state index < -0.39 is 0 Å². The van der Waals surface area contributed by atoms with Gasteiger partial charge in [-0.2, -0.15) is 0 Å². The van der Waals surface area contributed by atoms with Gasteiger partial charge in [0, 0.05) is 12.1 Å². The number of hydrogen-bond acceptors (Lipinski definition) is 4. The third-order valence-electron chi connectivity index (χ3n) is 4.95. The monoisotopic (exact) mass is 350 g/mol. The van der Waals surface area contributed by atoms with Gasteiger partial charge in [0.2, 0.25) is 5.91 Å². The van der Waals surface area contributed by atoms with Crippen LogP contribution in [0.15, 0.2) is 42.6 Å². The van der Waals surface area contributed by atoms with Crippen molar-refractivity contribution in [2.24, 2.45) is 5.92 Å². The molecule has 3 aromatic rings. The number of fused-ring (bicyclic) bond motifs is 1. The lowest BCUT2D eigenvalue weighted by atomic mass is 9.85. The van der Waals surface area contributed by atoms with Crippen LogP contribution in [0.25, 0.3) is 11.2 Å². The maximum absolute atomic E-state index is 12.2. The number of pyridine rings is 1. The minimum Gasteiger partial charge on any atom is -0.497 e. The highest BCUT2D eigenvalue weighted by molar-refractivity contribution is 5.79. The lowest BCUT2D eigenvalue weighted by Gasteiger charge is -2.24. The molecule has 2 heterocycles. The minimum absolute atomic E-state index is 0.129. The quantitative estimate of drug-likeness (QED) is 0.742. The molecule has 0 radical (unpaired) electrons. The van der Waals surface area contributed by atoms with E-state index in [2.05, 4.69) is 19.9 Å². The van der Waals surface area contributed by atoms with Crippen LogP contribution in [0, 0.1) is 5.92 Å². The van der Waals surface area contributed by atoms with E-state index in [0.717, 1.165) is 47.6 Å². The van der Waals surface area contributed by atoms with Crippen LogP contribution in [0.3, 0.4) is 0 Å². The SMILES string of the molecule is COc1cccc(Cn2c(CNC(=O)C3CCC3)nc3cccnc32)c1. The van der Waals surface area contributed by atoms with Gasteiger partial charge in [0.15, 0.2) is 5.65 Å². The van der Waals surface area contributed by atoms with Crippen molar-refractivity contribution in [1.82, 2.24) is 19.9 Å². The van der Waals surface area contributed by atoms with Crippen molar-refractivity contribution in [3.63, 3.8) is 0 Å². The van der Waals surface area contributed by atoms with Gasteiger partial charge in [0.1, 0.15) is 17.1 Å². The van der Waals surface area contributed by atoms with Gasteiger partial charge in [-0.05, 0) is 42.7 Å². The fourth-order valence-corrected chi connectivity index (χ4v) is 3.24. The smallest absolute Gasteiger partial charge is 0.223 e. The first-order valence-electron chi connectivity index (χ1n) is 8.95. The summed E-state index contributed by atoms with van der Waals surface area (Å²) in [7, 11) is 1.66. The van der Waals surface area contributed by atoms with E-state index in [4.69, 9.17) is 4.74 Å². The van der Waals surface area contributed by atoms with E-state index in [0.29, 0.717) is 13.1 Å². The second kappa shape index (κ2) is 7.15. The zero-order valence-corrected chi connectivity index (χ0v) is 14.8. The predicted octanol–water partition coefficient (Wildman–Crippen LogP) is 2.90. The molecule has 1 aliphatic carbocycles. The fourth-order valence-electron chi connectivity index (χ4n) is 3.24. The Morgan fingerprint density at radius 1 is 1.31 bits per heavy atom. The lowest BCUT2D eigenvalue weighted by molar-refractivity contribution is -0.127. The van der Waals surface area contributed by atoms with Crippen molar-refractivity contribution in [2.45, 2.75) is 32.4 Å². The topological polar surface area (TPSA) is 69.0 Å². The zero-order valence-electron chi connectivity index (χ0n) is 14.8. The van der Waals surface area contributed by atoms with E-state index in [1.54, 1.807) is 13.3 Å². The molecule has 1 saturated carbocycles. The fraction of sp³-hybridized carbons (Fsp3) is 0.350. The molecular formula is C20H22N4O2. The summed E-state index contributed by atoms with van der Waals surface area (Å²) in [5.41, 5.74) is 2.76. The Bertz CT molecular complexity index is 930. The van der Waals surface area contributed by atoms with Crippen molar-refractivity contribution in [3.8, 4) is 5.75 Å². The molecule has 134 valence electrons. The average Bonchev–Trinajstić information content (AvgIpc) is 2.96. The van der Waals surface area contributed by atoms with E-state index in [1.807, 2.05) is 36.4 Å². The number of imidazole rings is 1. The molecule has 1 fully saturated rings. The van der Waals surface area contributed by atoms with Gasteiger partial charge in [-0.25, -0.2) is 9.97 Å². The van der Waals surface area contributed by atoms with Gasteiger partial charge in [-0.1, -0.05) is 18.6 Å². The summed E-state index contributed by atoms with van der Waals surface area (Å²) in [5, 5.41) is 3.04. The molecule has 2 aromatic heterocycles. The molecule has 0 aliphatic heterocycles. The number of methoxy groups -OCH3 is 1. The molecule has 26 heavy (non-hydrogen) atoms. The number of nitrogens with one attached hydrogen (secondary N) is 1. The number of rotatable bonds is 6. The molecular weight excluding hydrogens is 328 g/mol. The van der Waals surface area contributed by atoms with E-state index in [1.165, 1.54) is 0 Å². The van der Waals surface area contributed by atoms with Crippen molar-refractivity contribution in [3.05, 3.63) is 54.0 Å². The minimum atomic E-state index is 0.129. The number of carbonyl (C=O) groups excluding carboxylic acids is 1. The van der Waals surface area contributed by atoms with Crippen LogP contribution in [0.5, 0.6) is 5.75 Å². The van der Waals surface area contributed by atoms with Crippen LogP contribution < -0.4 is 10.1 Å². The number of amides is 1. The molecule has 6 heteroatoms. The Hall–Kier alpha value is -2.89. The molecule has 0 saturated heterocycles. The highest BCUT2D eigenvalue weighted by Gasteiger charge is 2.25. The number of nitrogens with zero attached hydrogens (tertiary/aromatic N) is 3. The van der Waals surface area contributed by atoms with Gasteiger partial charge in [0.05, 0.1) is 20.2 Å². The summed E-state index contributed by atoms with van der Waals surface area (Å²) in [6.07, 6.45) is 4.90. The van der Waals surface area contributed by atoms with Gasteiger partial charge in [-0.3, -0.25) is 4.79 Å². The van der Waals surface area contributed by atoms with Crippen molar-refractivity contribution >= 4 is 17.1 Å². The Balaban J connectivity index is 1.61. The largest absolute Gasteiger partial charge is 0.497 e. The number of benzene rings is 1. The molecule has 1 amide bonds. The highest BCUT2D eigenvalue weighted by atomic mass is 16.5. The van der Waals surface area contributed by atoms with Crippen LogP contribution in [0.4, 0.5) is 0 Å². The lowest BCUT2D eigenvalue weighted by Crippen LogP contribution is -2.34. The van der Waals surface area contributed by atoms with Gasteiger partial charge < -0.3 is 14.6 Å². The molecule has 1 aliphatic rings.